The Balaban J connectivity index is 1.79. The van der Waals surface area contributed by atoms with Crippen molar-refractivity contribution in [2.45, 2.75) is 13.3 Å². The van der Waals surface area contributed by atoms with Crippen molar-refractivity contribution in [2.75, 3.05) is 0 Å². The van der Waals surface area contributed by atoms with Gasteiger partial charge in [-0.3, -0.25) is 0 Å². The lowest BCUT2D eigenvalue weighted by molar-refractivity contribution is 0.0691. The van der Waals surface area contributed by atoms with Crippen LogP contribution < -0.4 is 4.74 Å². The van der Waals surface area contributed by atoms with Crippen LogP contribution >= 0.6 is 0 Å². The molecule has 3 rings (SSSR count). The van der Waals surface area contributed by atoms with Crippen molar-refractivity contribution in [3.8, 4) is 5.75 Å². The Morgan fingerprint density at radius 1 is 0.885 bits per heavy atom. The minimum Gasteiger partial charge on any atom is -0.478 e. The summed E-state index contributed by atoms with van der Waals surface area (Å²) in [7, 11) is 0. The number of aryl methyl sites for hydroxylation is 1. The van der Waals surface area contributed by atoms with E-state index in [4.69, 9.17) is 9.84 Å². The third-order valence-corrected chi connectivity index (χ3v) is 4.02. The molecule has 0 bridgehead atoms. The largest absolute Gasteiger partial charge is 0.478 e. The minimum absolute atomic E-state index is 0.126. The molecule has 0 aliphatic heterocycles. The van der Waals surface area contributed by atoms with Gasteiger partial charge in [-0.2, -0.15) is 0 Å². The van der Waals surface area contributed by atoms with Crippen LogP contribution in [-0.4, -0.2) is 17.0 Å². The molecule has 3 aromatic rings. The summed E-state index contributed by atoms with van der Waals surface area (Å²) in [6, 6.07) is 21.3. The van der Waals surface area contributed by atoms with E-state index < -0.39 is 11.9 Å². The van der Waals surface area contributed by atoms with E-state index in [9.17, 15) is 9.59 Å². The zero-order chi connectivity index (χ0) is 18.5. The highest BCUT2D eigenvalue weighted by Crippen LogP contribution is 2.23. The van der Waals surface area contributed by atoms with Crippen LogP contribution in [0.15, 0.2) is 72.8 Å². The van der Waals surface area contributed by atoms with Crippen LogP contribution in [0.4, 0.5) is 0 Å². The number of para-hydroxylation sites is 1. The molecule has 0 aliphatic rings. The number of carboxylic acid groups (broad SMARTS) is 1. The van der Waals surface area contributed by atoms with Gasteiger partial charge in [-0.1, -0.05) is 48.0 Å². The summed E-state index contributed by atoms with van der Waals surface area (Å²) in [5, 5.41) is 8.93. The Hall–Kier alpha value is -3.40. The van der Waals surface area contributed by atoms with Crippen LogP contribution in [0, 0.1) is 6.92 Å². The maximum absolute atomic E-state index is 12.4. The number of hydrogen-bond donors (Lipinski definition) is 1. The summed E-state index contributed by atoms with van der Waals surface area (Å²) in [5.74, 6) is -1.05. The van der Waals surface area contributed by atoms with Crippen LogP contribution in [0.25, 0.3) is 0 Å². The fourth-order valence-electron chi connectivity index (χ4n) is 2.70. The van der Waals surface area contributed by atoms with Crippen molar-refractivity contribution in [1.82, 2.24) is 0 Å². The first-order valence-corrected chi connectivity index (χ1v) is 8.22. The molecular weight excluding hydrogens is 328 g/mol. The zero-order valence-corrected chi connectivity index (χ0v) is 14.3. The molecule has 4 heteroatoms. The molecule has 0 fully saturated rings. The fraction of sp³-hybridized carbons (Fsp3) is 0.0909. The Labute approximate surface area is 151 Å². The average molecular weight is 346 g/mol. The lowest BCUT2D eigenvalue weighted by Gasteiger charge is -2.11. The molecule has 0 aromatic heterocycles. The highest BCUT2D eigenvalue weighted by atomic mass is 16.5. The molecule has 3 aromatic carbocycles. The molecule has 0 radical (unpaired) electrons. The smallest absolute Gasteiger partial charge is 0.343 e. The van der Waals surface area contributed by atoms with Crippen molar-refractivity contribution < 1.29 is 19.4 Å². The van der Waals surface area contributed by atoms with Crippen molar-refractivity contribution in [2.24, 2.45) is 0 Å². The number of benzene rings is 3. The SMILES string of the molecule is Cc1cccc(Cc2ccccc2OC(=O)c2ccc(C(=O)O)cc2)c1. The molecule has 0 atom stereocenters. The normalized spacial score (nSPS) is 10.3. The Bertz CT molecular complexity index is 942. The van der Waals surface area contributed by atoms with Crippen molar-refractivity contribution in [1.29, 1.82) is 0 Å². The molecule has 0 unspecified atom stereocenters. The van der Waals surface area contributed by atoms with Crippen molar-refractivity contribution >= 4 is 11.9 Å². The van der Waals surface area contributed by atoms with E-state index in [0.717, 1.165) is 11.1 Å². The van der Waals surface area contributed by atoms with Gasteiger partial charge >= 0.3 is 11.9 Å². The van der Waals surface area contributed by atoms with Crippen LogP contribution in [0.1, 0.15) is 37.4 Å². The number of carboxylic acids is 1. The molecule has 1 N–H and O–H groups in total. The first-order valence-electron chi connectivity index (χ1n) is 8.22. The number of hydrogen-bond acceptors (Lipinski definition) is 3. The second-order valence-corrected chi connectivity index (χ2v) is 6.05. The number of esters is 1. The summed E-state index contributed by atoms with van der Waals surface area (Å²) < 4.78 is 5.55. The minimum atomic E-state index is -1.03. The van der Waals surface area contributed by atoms with Gasteiger partial charge in [0.2, 0.25) is 0 Å². The lowest BCUT2D eigenvalue weighted by atomic mass is 10.0. The van der Waals surface area contributed by atoms with E-state index in [0.29, 0.717) is 17.7 Å². The summed E-state index contributed by atoms with van der Waals surface area (Å²) in [5.41, 5.74) is 3.66. The maximum Gasteiger partial charge on any atom is 0.343 e. The predicted molar refractivity (Wildman–Crippen MR) is 98.8 cm³/mol. The highest BCUT2D eigenvalue weighted by Gasteiger charge is 2.13. The molecule has 0 amide bonds. The Kier molecular flexibility index (Phi) is 5.13. The molecule has 0 spiro atoms. The number of ether oxygens (including phenoxy) is 1. The van der Waals surface area contributed by atoms with Gasteiger partial charge in [0, 0.05) is 6.42 Å². The summed E-state index contributed by atoms with van der Waals surface area (Å²) in [6.07, 6.45) is 0.656. The summed E-state index contributed by atoms with van der Waals surface area (Å²) in [4.78, 5) is 23.3. The molecular formula is C22H18O4. The van der Waals surface area contributed by atoms with E-state index in [1.54, 1.807) is 6.07 Å². The number of carbonyl (C=O) groups is 2. The third-order valence-electron chi connectivity index (χ3n) is 4.02. The second-order valence-electron chi connectivity index (χ2n) is 6.05. The van der Waals surface area contributed by atoms with Gasteiger partial charge in [0.1, 0.15) is 5.75 Å². The van der Waals surface area contributed by atoms with E-state index >= 15 is 0 Å². The standard InChI is InChI=1S/C22H18O4/c1-15-5-4-6-16(13-15)14-19-7-2-3-8-20(19)26-22(25)18-11-9-17(10-12-18)21(23)24/h2-13H,14H2,1H3,(H,23,24). The lowest BCUT2D eigenvalue weighted by Crippen LogP contribution is -2.10. The van der Waals surface area contributed by atoms with Gasteiger partial charge in [0.05, 0.1) is 11.1 Å². The first-order chi connectivity index (χ1) is 12.5. The number of rotatable bonds is 5. The first kappa shape index (κ1) is 17.4. The molecule has 0 saturated heterocycles. The third kappa shape index (κ3) is 4.16. The molecule has 4 nitrogen and oxygen atoms in total. The van der Waals surface area contributed by atoms with E-state index in [1.165, 1.54) is 29.8 Å². The van der Waals surface area contributed by atoms with Gasteiger partial charge in [0.25, 0.3) is 0 Å². The van der Waals surface area contributed by atoms with E-state index in [2.05, 4.69) is 6.07 Å². The molecule has 26 heavy (non-hydrogen) atoms. The number of aromatic carboxylic acids is 1. The van der Waals surface area contributed by atoms with Gasteiger partial charge in [-0.05, 0) is 48.4 Å². The quantitative estimate of drug-likeness (QED) is 0.546. The highest BCUT2D eigenvalue weighted by molar-refractivity contribution is 5.93. The maximum atomic E-state index is 12.4. The molecule has 130 valence electrons. The van der Waals surface area contributed by atoms with E-state index in [1.807, 2.05) is 43.3 Å². The van der Waals surface area contributed by atoms with Gasteiger partial charge < -0.3 is 9.84 Å². The predicted octanol–water partition coefficient (Wildman–Crippen LogP) is 4.50. The Morgan fingerprint density at radius 3 is 2.27 bits per heavy atom. The van der Waals surface area contributed by atoms with Crippen LogP contribution in [0.2, 0.25) is 0 Å². The second kappa shape index (κ2) is 7.66. The molecule has 0 aliphatic carbocycles. The van der Waals surface area contributed by atoms with Crippen LogP contribution in [0.5, 0.6) is 5.75 Å². The fourth-order valence-corrected chi connectivity index (χ4v) is 2.70. The average Bonchev–Trinajstić information content (AvgIpc) is 2.63. The van der Waals surface area contributed by atoms with Crippen molar-refractivity contribution in [3.63, 3.8) is 0 Å². The van der Waals surface area contributed by atoms with E-state index in [-0.39, 0.29) is 5.56 Å². The van der Waals surface area contributed by atoms with Crippen LogP contribution in [0.3, 0.4) is 0 Å². The van der Waals surface area contributed by atoms with Gasteiger partial charge in [-0.15, -0.1) is 0 Å². The van der Waals surface area contributed by atoms with Crippen molar-refractivity contribution in [3.05, 3.63) is 101 Å². The Morgan fingerprint density at radius 2 is 1.58 bits per heavy atom. The molecule has 0 saturated carbocycles. The van der Waals surface area contributed by atoms with Gasteiger partial charge in [0.15, 0.2) is 0 Å². The summed E-state index contributed by atoms with van der Waals surface area (Å²) >= 11 is 0. The topological polar surface area (TPSA) is 63.6 Å². The number of carbonyl (C=O) groups excluding carboxylic acids is 1. The monoisotopic (exact) mass is 346 g/mol. The summed E-state index contributed by atoms with van der Waals surface area (Å²) in [6.45, 7) is 2.04. The van der Waals surface area contributed by atoms with Crippen LogP contribution in [-0.2, 0) is 6.42 Å². The molecule has 0 heterocycles. The zero-order valence-electron chi connectivity index (χ0n) is 14.3. The van der Waals surface area contributed by atoms with Gasteiger partial charge in [-0.25, -0.2) is 9.59 Å².